The lowest BCUT2D eigenvalue weighted by atomic mass is 10.0. The van der Waals surface area contributed by atoms with Crippen LogP contribution >= 0.6 is 0 Å². The molecule has 0 N–H and O–H groups in total. The Balaban J connectivity index is 2.57. The van der Waals surface area contributed by atoms with Crippen LogP contribution in [-0.2, 0) is 0 Å². The molecule has 1 heterocycles. The molecule has 0 amide bonds. The lowest BCUT2D eigenvalue weighted by Gasteiger charge is -2.00. The van der Waals surface area contributed by atoms with Gasteiger partial charge in [0.05, 0.1) is 12.0 Å². The minimum Gasteiger partial charge on any atom is -0.441 e. The summed E-state index contributed by atoms with van der Waals surface area (Å²) in [7, 11) is 0. The third-order valence-electron chi connectivity index (χ3n) is 2.21. The van der Waals surface area contributed by atoms with Gasteiger partial charge in [-0.25, -0.2) is 4.98 Å². The highest BCUT2D eigenvalue weighted by atomic mass is 16.3. The topological polar surface area (TPSA) is 49.8 Å². The van der Waals surface area contributed by atoms with Crippen molar-refractivity contribution < 1.29 is 4.42 Å². The zero-order chi connectivity index (χ0) is 10.1. The molecule has 3 heteroatoms. The summed E-state index contributed by atoms with van der Waals surface area (Å²) in [6.07, 6.45) is 0. The van der Waals surface area contributed by atoms with Gasteiger partial charge < -0.3 is 4.42 Å². The number of nitrogens with zero attached hydrogens (tertiary/aromatic N) is 2. The van der Waals surface area contributed by atoms with Gasteiger partial charge in [0, 0.05) is 6.92 Å². The molecule has 0 radical (unpaired) electrons. The van der Waals surface area contributed by atoms with Crippen LogP contribution < -0.4 is 0 Å². The summed E-state index contributed by atoms with van der Waals surface area (Å²) in [5.41, 5.74) is 2.56. The van der Waals surface area contributed by atoms with Crippen LogP contribution in [0.15, 0.2) is 22.6 Å². The summed E-state index contributed by atoms with van der Waals surface area (Å²) in [5.74, 6) is 0.548. The van der Waals surface area contributed by atoms with Crippen molar-refractivity contribution in [2.75, 3.05) is 0 Å². The quantitative estimate of drug-likeness (QED) is 0.688. The van der Waals surface area contributed by atoms with Gasteiger partial charge in [0.1, 0.15) is 5.52 Å². The summed E-state index contributed by atoms with van der Waals surface area (Å²) in [5, 5.41) is 8.77. The van der Waals surface area contributed by atoms with Crippen LogP contribution in [0.3, 0.4) is 0 Å². The first-order valence-corrected chi connectivity index (χ1v) is 4.47. The number of benzene rings is 1. The number of fused-ring (bicyclic) bond motifs is 1. The number of aryl methyl sites for hydroxylation is 1. The van der Waals surface area contributed by atoms with Crippen molar-refractivity contribution in [1.82, 2.24) is 4.98 Å². The van der Waals surface area contributed by atoms with Gasteiger partial charge in [-0.15, -0.1) is 0 Å². The van der Waals surface area contributed by atoms with Gasteiger partial charge in [0.25, 0.3) is 0 Å². The van der Waals surface area contributed by atoms with Gasteiger partial charge >= 0.3 is 0 Å². The lowest BCUT2D eigenvalue weighted by Crippen LogP contribution is -1.87. The summed E-state index contributed by atoms with van der Waals surface area (Å²) in [4.78, 5) is 4.19. The Bertz CT molecular complexity index is 507. The Morgan fingerprint density at radius 2 is 2.29 bits per heavy atom. The second kappa shape index (κ2) is 3.15. The molecule has 0 saturated heterocycles. The van der Waals surface area contributed by atoms with Gasteiger partial charge in [0.15, 0.2) is 11.5 Å². The zero-order valence-corrected chi connectivity index (χ0v) is 8.11. The molecule has 70 valence electrons. The Hall–Kier alpha value is -1.82. The summed E-state index contributed by atoms with van der Waals surface area (Å²) in [6, 6.07) is 7.87. The van der Waals surface area contributed by atoms with Crippen LogP contribution in [0, 0.1) is 18.3 Å². The molecule has 0 bridgehead atoms. The van der Waals surface area contributed by atoms with E-state index in [0.29, 0.717) is 5.89 Å². The number of aromatic nitrogens is 1. The smallest absolute Gasteiger partial charge is 0.192 e. The largest absolute Gasteiger partial charge is 0.441 e. The van der Waals surface area contributed by atoms with Crippen LogP contribution in [0.4, 0.5) is 0 Å². The zero-order valence-electron chi connectivity index (χ0n) is 8.11. The average molecular weight is 186 g/mol. The maximum absolute atomic E-state index is 8.77. The highest BCUT2D eigenvalue weighted by Crippen LogP contribution is 2.21. The first-order chi connectivity index (χ1) is 6.70. The number of rotatable bonds is 1. The fourth-order valence-electron chi connectivity index (χ4n) is 1.40. The Morgan fingerprint density at radius 3 is 3.00 bits per heavy atom. The number of nitriles is 1. The number of oxazole rings is 1. The van der Waals surface area contributed by atoms with E-state index in [9.17, 15) is 0 Å². The van der Waals surface area contributed by atoms with Crippen molar-refractivity contribution in [2.45, 2.75) is 19.8 Å². The first kappa shape index (κ1) is 8.76. The average Bonchev–Trinajstić information content (AvgIpc) is 2.55. The Labute approximate surface area is 82.0 Å². The van der Waals surface area contributed by atoms with E-state index in [-0.39, 0.29) is 5.92 Å². The van der Waals surface area contributed by atoms with E-state index >= 15 is 0 Å². The maximum Gasteiger partial charge on any atom is 0.192 e. The normalized spacial score (nSPS) is 12.6. The predicted octanol–water partition coefficient (Wildman–Crippen LogP) is 2.76. The second-order valence-electron chi connectivity index (χ2n) is 3.31. The van der Waals surface area contributed by atoms with E-state index in [1.165, 1.54) is 0 Å². The number of hydrogen-bond donors (Lipinski definition) is 0. The molecule has 14 heavy (non-hydrogen) atoms. The van der Waals surface area contributed by atoms with E-state index in [2.05, 4.69) is 11.1 Å². The van der Waals surface area contributed by atoms with Crippen molar-refractivity contribution in [3.8, 4) is 6.07 Å². The van der Waals surface area contributed by atoms with Crippen LogP contribution in [0.1, 0.15) is 24.3 Å². The van der Waals surface area contributed by atoms with Gasteiger partial charge in [0.2, 0.25) is 0 Å². The third kappa shape index (κ3) is 1.35. The van der Waals surface area contributed by atoms with Crippen molar-refractivity contribution in [3.63, 3.8) is 0 Å². The monoisotopic (exact) mass is 186 g/mol. The van der Waals surface area contributed by atoms with Crippen LogP contribution in [-0.4, -0.2) is 4.98 Å². The maximum atomic E-state index is 8.77. The molecule has 0 aliphatic heterocycles. The van der Waals surface area contributed by atoms with Crippen LogP contribution in [0.2, 0.25) is 0 Å². The molecule has 2 rings (SSSR count). The van der Waals surface area contributed by atoms with Gasteiger partial charge in [-0.05, 0) is 24.6 Å². The van der Waals surface area contributed by atoms with E-state index in [1.54, 1.807) is 0 Å². The first-order valence-electron chi connectivity index (χ1n) is 4.47. The fourth-order valence-corrected chi connectivity index (χ4v) is 1.40. The van der Waals surface area contributed by atoms with Gasteiger partial charge in [-0.1, -0.05) is 6.07 Å². The summed E-state index contributed by atoms with van der Waals surface area (Å²) >= 11 is 0. The highest BCUT2D eigenvalue weighted by molar-refractivity contribution is 5.73. The molecule has 0 spiro atoms. The van der Waals surface area contributed by atoms with Crippen molar-refractivity contribution in [2.24, 2.45) is 0 Å². The molecule has 0 aliphatic carbocycles. The van der Waals surface area contributed by atoms with Crippen molar-refractivity contribution >= 4 is 11.1 Å². The second-order valence-corrected chi connectivity index (χ2v) is 3.31. The molecule has 2 aromatic rings. The summed E-state index contributed by atoms with van der Waals surface area (Å²) in [6.45, 7) is 3.68. The lowest BCUT2D eigenvalue weighted by molar-refractivity contribution is 0.560. The van der Waals surface area contributed by atoms with E-state index in [4.69, 9.17) is 9.68 Å². The molecule has 1 atom stereocenters. The standard InChI is InChI=1S/C11H10N2O/c1-7(6-12)9-3-4-10-11(5-9)14-8(2)13-10/h3-5,7H,1-2H3. The van der Waals surface area contributed by atoms with Crippen molar-refractivity contribution in [1.29, 1.82) is 5.26 Å². The molecule has 1 unspecified atom stereocenters. The minimum absolute atomic E-state index is 0.107. The van der Waals surface area contributed by atoms with E-state index in [1.807, 2.05) is 32.0 Å². The number of hydrogen-bond acceptors (Lipinski definition) is 3. The van der Waals surface area contributed by atoms with E-state index in [0.717, 1.165) is 16.7 Å². The Morgan fingerprint density at radius 1 is 1.50 bits per heavy atom. The highest BCUT2D eigenvalue weighted by Gasteiger charge is 2.07. The predicted molar refractivity (Wildman–Crippen MR) is 52.8 cm³/mol. The molecule has 1 aromatic heterocycles. The van der Waals surface area contributed by atoms with Crippen molar-refractivity contribution in [3.05, 3.63) is 29.7 Å². The summed E-state index contributed by atoms with van der Waals surface area (Å²) < 4.78 is 5.38. The Kier molecular flexibility index (Phi) is 1.97. The molecular formula is C11H10N2O. The minimum atomic E-state index is -0.107. The van der Waals surface area contributed by atoms with Crippen LogP contribution in [0.25, 0.3) is 11.1 Å². The molecule has 0 aliphatic rings. The van der Waals surface area contributed by atoms with Gasteiger partial charge in [-0.2, -0.15) is 5.26 Å². The van der Waals surface area contributed by atoms with Gasteiger partial charge in [-0.3, -0.25) is 0 Å². The third-order valence-corrected chi connectivity index (χ3v) is 2.21. The molecular weight excluding hydrogens is 176 g/mol. The fraction of sp³-hybridized carbons (Fsp3) is 0.273. The molecule has 0 fully saturated rings. The van der Waals surface area contributed by atoms with E-state index < -0.39 is 0 Å². The molecule has 3 nitrogen and oxygen atoms in total. The molecule has 1 aromatic carbocycles. The molecule has 0 saturated carbocycles. The SMILES string of the molecule is Cc1nc2ccc(C(C)C#N)cc2o1. The van der Waals surface area contributed by atoms with Crippen LogP contribution in [0.5, 0.6) is 0 Å².